The van der Waals surface area contributed by atoms with Crippen LogP contribution in [0.5, 0.6) is 0 Å². The van der Waals surface area contributed by atoms with Crippen molar-refractivity contribution in [2.75, 3.05) is 13.6 Å². The summed E-state index contributed by atoms with van der Waals surface area (Å²) in [4.78, 5) is 12.1. The number of alkyl halides is 2. The number of aliphatic hydroxyl groups excluding tert-OH is 2. The van der Waals surface area contributed by atoms with Crippen molar-refractivity contribution in [2.24, 2.45) is 0 Å². The van der Waals surface area contributed by atoms with Crippen LogP contribution in [0.15, 0.2) is 0 Å². The van der Waals surface area contributed by atoms with E-state index in [0.717, 1.165) is 0 Å². The molecule has 0 aliphatic carbocycles. The number of halogens is 2. The van der Waals surface area contributed by atoms with Gasteiger partial charge in [-0.1, -0.05) is 0 Å². The highest BCUT2D eigenvalue weighted by Crippen LogP contribution is 2.22. The van der Waals surface area contributed by atoms with Gasteiger partial charge in [-0.15, -0.1) is 0 Å². The zero-order chi connectivity index (χ0) is 12.5. The molecule has 0 bridgehead atoms. The van der Waals surface area contributed by atoms with Crippen molar-refractivity contribution in [1.82, 2.24) is 10.2 Å². The quantitative estimate of drug-likeness (QED) is 0.564. The molecule has 0 unspecified atom stereocenters. The van der Waals surface area contributed by atoms with Gasteiger partial charge in [0.25, 0.3) is 6.43 Å². The summed E-state index contributed by atoms with van der Waals surface area (Å²) < 4.78 is 25.2. The molecular formula is C9H16F2N2O3. The highest BCUT2D eigenvalue weighted by molar-refractivity contribution is 5.73. The van der Waals surface area contributed by atoms with Gasteiger partial charge in [0.05, 0.1) is 12.1 Å². The van der Waals surface area contributed by atoms with Crippen LogP contribution >= 0.6 is 0 Å². The lowest BCUT2D eigenvalue weighted by Crippen LogP contribution is -2.66. The van der Waals surface area contributed by atoms with Crippen LogP contribution in [-0.2, 0) is 4.79 Å². The number of hydrogen-bond acceptors (Lipinski definition) is 4. The normalized spacial score (nSPS) is 36.4. The number of likely N-dealkylation sites (N-methyl/N-ethyl adjacent to an activating group) is 1. The summed E-state index contributed by atoms with van der Waals surface area (Å²) in [5, 5.41) is 21.6. The van der Waals surface area contributed by atoms with E-state index in [0.29, 0.717) is 0 Å². The summed E-state index contributed by atoms with van der Waals surface area (Å²) in [5.74, 6) is -0.375. The van der Waals surface area contributed by atoms with Crippen LogP contribution in [0.25, 0.3) is 0 Å². The Kier molecular flexibility index (Phi) is 4.17. The van der Waals surface area contributed by atoms with Gasteiger partial charge in [-0.05, 0) is 7.05 Å². The van der Waals surface area contributed by atoms with Crippen LogP contribution in [0.2, 0.25) is 0 Å². The van der Waals surface area contributed by atoms with Crippen LogP contribution in [-0.4, -0.2) is 65.3 Å². The topological polar surface area (TPSA) is 72.8 Å². The molecule has 1 fully saturated rings. The van der Waals surface area contributed by atoms with Crippen LogP contribution in [0.4, 0.5) is 8.78 Å². The largest absolute Gasteiger partial charge is 0.388 e. The van der Waals surface area contributed by atoms with E-state index in [1.165, 1.54) is 18.9 Å². The van der Waals surface area contributed by atoms with E-state index in [9.17, 15) is 23.8 Å². The van der Waals surface area contributed by atoms with Crippen LogP contribution < -0.4 is 5.32 Å². The molecule has 4 atom stereocenters. The standard InChI is InChI=1S/C9H16F2N2O3/c1-4(14)12-5-3-13(2)6(9(10)11)8(16)7(5)15/h5-9,15-16H,3H2,1-2H3,(H,12,14)/t5-,6-,7+,8+/m0/s1. The van der Waals surface area contributed by atoms with Crippen molar-refractivity contribution in [3.63, 3.8) is 0 Å². The fraction of sp³-hybridized carbons (Fsp3) is 0.889. The van der Waals surface area contributed by atoms with Crippen molar-refractivity contribution >= 4 is 5.91 Å². The molecule has 1 aliphatic heterocycles. The Morgan fingerprint density at radius 1 is 1.44 bits per heavy atom. The molecular weight excluding hydrogens is 222 g/mol. The first-order valence-electron chi connectivity index (χ1n) is 4.96. The number of nitrogens with one attached hydrogen (secondary N) is 1. The summed E-state index contributed by atoms with van der Waals surface area (Å²) in [5.41, 5.74) is 0. The minimum Gasteiger partial charge on any atom is -0.388 e. The summed E-state index contributed by atoms with van der Waals surface area (Å²) in [6, 6.07) is -2.13. The molecule has 0 radical (unpaired) electrons. The number of hydrogen-bond donors (Lipinski definition) is 3. The third-order valence-corrected chi connectivity index (χ3v) is 2.75. The first-order chi connectivity index (χ1) is 7.34. The minimum absolute atomic E-state index is 0.0762. The average Bonchev–Trinajstić information content (AvgIpc) is 2.12. The van der Waals surface area contributed by atoms with Gasteiger partial charge < -0.3 is 15.5 Å². The Morgan fingerprint density at radius 3 is 2.44 bits per heavy atom. The van der Waals surface area contributed by atoms with Gasteiger partial charge in [-0.2, -0.15) is 0 Å². The molecule has 1 saturated heterocycles. The number of amides is 1. The Bertz CT molecular complexity index is 265. The summed E-state index contributed by atoms with van der Waals surface area (Å²) in [7, 11) is 1.42. The van der Waals surface area contributed by atoms with Gasteiger partial charge in [-0.25, -0.2) is 8.78 Å². The van der Waals surface area contributed by atoms with Crippen LogP contribution in [0.1, 0.15) is 6.92 Å². The monoisotopic (exact) mass is 238 g/mol. The second-order valence-corrected chi connectivity index (χ2v) is 4.05. The zero-order valence-corrected chi connectivity index (χ0v) is 9.10. The third-order valence-electron chi connectivity index (χ3n) is 2.75. The summed E-state index contributed by atoms with van der Waals surface area (Å²) in [6.45, 7) is 1.34. The van der Waals surface area contributed by atoms with Crippen molar-refractivity contribution in [3.8, 4) is 0 Å². The van der Waals surface area contributed by atoms with Crippen LogP contribution in [0.3, 0.4) is 0 Å². The van der Waals surface area contributed by atoms with Gasteiger partial charge >= 0.3 is 0 Å². The molecule has 1 aliphatic rings. The Labute approximate surface area is 92.0 Å². The van der Waals surface area contributed by atoms with E-state index in [4.69, 9.17) is 0 Å². The number of aliphatic hydroxyl groups is 2. The van der Waals surface area contributed by atoms with Crippen molar-refractivity contribution in [1.29, 1.82) is 0 Å². The second kappa shape index (κ2) is 5.03. The first kappa shape index (κ1) is 13.3. The first-order valence-corrected chi connectivity index (χ1v) is 4.96. The number of carbonyl (C=O) groups is 1. The van der Waals surface area contributed by atoms with E-state index in [1.807, 2.05) is 0 Å². The highest BCUT2D eigenvalue weighted by Gasteiger charge is 2.44. The number of nitrogens with zero attached hydrogens (tertiary/aromatic N) is 1. The van der Waals surface area contributed by atoms with Crippen molar-refractivity contribution in [3.05, 3.63) is 0 Å². The van der Waals surface area contributed by atoms with E-state index in [-0.39, 0.29) is 12.5 Å². The molecule has 0 aromatic heterocycles. The molecule has 1 amide bonds. The number of piperidine rings is 1. The fourth-order valence-electron chi connectivity index (χ4n) is 1.97. The molecule has 1 rings (SSSR count). The fourth-order valence-corrected chi connectivity index (χ4v) is 1.97. The van der Waals surface area contributed by atoms with E-state index in [2.05, 4.69) is 5.32 Å². The van der Waals surface area contributed by atoms with E-state index < -0.39 is 30.7 Å². The smallest absolute Gasteiger partial charge is 0.256 e. The molecule has 0 spiro atoms. The van der Waals surface area contributed by atoms with E-state index in [1.54, 1.807) is 0 Å². The van der Waals surface area contributed by atoms with E-state index >= 15 is 0 Å². The molecule has 0 aromatic carbocycles. The third kappa shape index (κ3) is 2.66. The number of rotatable bonds is 2. The summed E-state index contributed by atoms with van der Waals surface area (Å²) >= 11 is 0. The van der Waals surface area contributed by atoms with Gasteiger partial charge in [0.1, 0.15) is 12.2 Å². The molecule has 5 nitrogen and oxygen atoms in total. The van der Waals surface area contributed by atoms with Gasteiger partial charge in [0.15, 0.2) is 0 Å². The molecule has 94 valence electrons. The summed E-state index contributed by atoms with van der Waals surface area (Å²) in [6.07, 6.45) is -5.69. The lowest BCUT2D eigenvalue weighted by Gasteiger charge is -2.43. The average molecular weight is 238 g/mol. The zero-order valence-electron chi connectivity index (χ0n) is 9.10. The van der Waals surface area contributed by atoms with Gasteiger partial charge in [-0.3, -0.25) is 9.69 Å². The highest BCUT2D eigenvalue weighted by atomic mass is 19.3. The second-order valence-electron chi connectivity index (χ2n) is 4.05. The predicted octanol–water partition coefficient (Wildman–Crippen LogP) is -1.21. The maximum Gasteiger partial charge on any atom is 0.256 e. The SMILES string of the molecule is CC(=O)N[C@H]1CN(C)[C@H](C(F)F)[C@@H](O)[C@@H]1O. The number of likely N-dealkylation sites (tertiary alicyclic amines) is 1. The molecule has 1 heterocycles. The Hall–Kier alpha value is -0.790. The van der Waals surface area contributed by atoms with Gasteiger partial charge in [0.2, 0.25) is 5.91 Å². The Morgan fingerprint density at radius 2 is 2.00 bits per heavy atom. The predicted molar refractivity (Wildman–Crippen MR) is 52.0 cm³/mol. The molecule has 0 saturated carbocycles. The maximum atomic E-state index is 12.6. The molecule has 3 N–H and O–H groups in total. The molecule has 16 heavy (non-hydrogen) atoms. The van der Waals surface area contributed by atoms with Crippen molar-refractivity contribution in [2.45, 2.75) is 37.6 Å². The molecule has 7 heteroatoms. The Balaban J connectivity index is 2.74. The minimum atomic E-state index is -2.74. The maximum absolute atomic E-state index is 12.6. The number of carbonyl (C=O) groups excluding carboxylic acids is 1. The van der Waals surface area contributed by atoms with Gasteiger partial charge in [0, 0.05) is 13.5 Å². The lowest BCUT2D eigenvalue weighted by molar-refractivity contribution is -0.136. The van der Waals surface area contributed by atoms with Crippen LogP contribution in [0, 0.1) is 0 Å². The lowest BCUT2D eigenvalue weighted by atomic mass is 9.93. The molecule has 0 aromatic rings. The van der Waals surface area contributed by atoms with Crippen molar-refractivity contribution < 1.29 is 23.8 Å².